The lowest BCUT2D eigenvalue weighted by Crippen LogP contribution is -2.49. The van der Waals surface area contributed by atoms with Crippen LogP contribution >= 0.6 is 0 Å². The van der Waals surface area contributed by atoms with Gasteiger partial charge in [0.1, 0.15) is 11.5 Å². The molecule has 1 saturated heterocycles. The zero-order valence-corrected chi connectivity index (χ0v) is 15.0. The van der Waals surface area contributed by atoms with Crippen LogP contribution in [0.25, 0.3) is 11.1 Å². The molecule has 0 radical (unpaired) electrons. The fourth-order valence-electron chi connectivity index (χ4n) is 3.40. The van der Waals surface area contributed by atoms with E-state index in [1.165, 1.54) is 12.1 Å². The highest BCUT2D eigenvalue weighted by atomic mass is 19.1. The maximum atomic E-state index is 13.1. The number of aromatic nitrogens is 1. The van der Waals surface area contributed by atoms with Crippen LogP contribution in [-0.4, -0.2) is 53.0 Å². The monoisotopic (exact) mass is 343 g/mol. The van der Waals surface area contributed by atoms with Crippen molar-refractivity contribution in [3.63, 3.8) is 0 Å². The quantitative estimate of drug-likeness (QED) is 0.831. The van der Waals surface area contributed by atoms with Gasteiger partial charge in [0.25, 0.3) is 5.91 Å². The van der Waals surface area contributed by atoms with E-state index in [1.807, 2.05) is 28.7 Å². The second-order valence-corrected chi connectivity index (χ2v) is 6.54. The number of aryl methyl sites for hydroxylation is 1. The van der Waals surface area contributed by atoms with Gasteiger partial charge in [0.15, 0.2) is 0 Å². The van der Waals surface area contributed by atoms with Crippen LogP contribution in [0.2, 0.25) is 0 Å². The Morgan fingerprint density at radius 3 is 2.32 bits per heavy atom. The Morgan fingerprint density at radius 2 is 1.72 bits per heavy atom. The maximum absolute atomic E-state index is 13.1. The Hall–Kier alpha value is -2.14. The number of benzene rings is 1. The van der Waals surface area contributed by atoms with E-state index >= 15 is 0 Å². The summed E-state index contributed by atoms with van der Waals surface area (Å²) in [5.74, 6) is -0.161. The molecule has 0 unspecified atom stereocenters. The molecule has 3 rings (SSSR count). The lowest BCUT2D eigenvalue weighted by atomic mass is 10.1. The molecule has 0 aliphatic carbocycles. The SMILES string of the molecule is CCCN1CCN(C(=O)c2cc(-c3ccc(F)cc3)cn2CC)CC1. The number of piperazine rings is 1. The number of carbonyl (C=O) groups excluding carboxylic acids is 1. The van der Waals surface area contributed by atoms with Gasteiger partial charge in [-0.2, -0.15) is 0 Å². The van der Waals surface area contributed by atoms with Gasteiger partial charge in [0.05, 0.1) is 0 Å². The van der Waals surface area contributed by atoms with Crippen molar-refractivity contribution in [2.24, 2.45) is 0 Å². The minimum Gasteiger partial charge on any atom is -0.343 e. The smallest absolute Gasteiger partial charge is 0.270 e. The minimum atomic E-state index is -0.250. The van der Waals surface area contributed by atoms with Crippen molar-refractivity contribution in [3.8, 4) is 11.1 Å². The summed E-state index contributed by atoms with van der Waals surface area (Å²) in [6, 6.07) is 8.34. The van der Waals surface area contributed by atoms with Crippen molar-refractivity contribution in [3.05, 3.63) is 48.0 Å². The number of hydrogen-bond donors (Lipinski definition) is 0. The Kier molecular flexibility index (Phi) is 5.53. The van der Waals surface area contributed by atoms with E-state index in [9.17, 15) is 9.18 Å². The van der Waals surface area contributed by atoms with Crippen molar-refractivity contribution >= 4 is 5.91 Å². The molecule has 1 aromatic carbocycles. The van der Waals surface area contributed by atoms with Crippen molar-refractivity contribution < 1.29 is 9.18 Å². The summed E-state index contributed by atoms with van der Waals surface area (Å²) < 4.78 is 15.1. The highest BCUT2D eigenvalue weighted by Gasteiger charge is 2.24. The first kappa shape index (κ1) is 17.7. The number of carbonyl (C=O) groups is 1. The molecule has 0 spiro atoms. The third-order valence-electron chi connectivity index (χ3n) is 4.83. The zero-order valence-electron chi connectivity index (χ0n) is 15.0. The molecule has 5 heteroatoms. The molecule has 25 heavy (non-hydrogen) atoms. The molecular weight excluding hydrogens is 317 g/mol. The number of nitrogens with zero attached hydrogens (tertiary/aromatic N) is 3. The fourth-order valence-corrected chi connectivity index (χ4v) is 3.40. The van der Waals surface area contributed by atoms with Gasteiger partial charge in [-0.1, -0.05) is 19.1 Å². The van der Waals surface area contributed by atoms with Crippen LogP contribution in [0.15, 0.2) is 36.5 Å². The number of halogens is 1. The van der Waals surface area contributed by atoms with Crippen LogP contribution < -0.4 is 0 Å². The van der Waals surface area contributed by atoms with Gasteiger partial charge in [0.2, 0.25) is 0 Å². The Bertz CT molecular complexity index is 715. The van der Waals surface area contributed by atoms with E-state index < -0.39 is 0 Å². The number of hydrogen-bond acceptors (Lipinski definition) is 2. The summed E-state index contributed by atoms with van der Waals surface area (Å²) in [5.41, 5.74) is 2.59. The predicted octanol–water partition coefficient (Wildman–Crippen LogP) is 3.48. The summed E-state index contributed by atoms with van der Waals surface area (Å²) in [6.45, 7) is 9.49. The largest absolute Gasteiger partial charge is 0.343 e. The lowest BCUT2D eigenvalue weighted by Gasteiger charge is -2.34. The molecule has 1 aliphatic heterocycles. The summed E-state index contributed by atoms with van der Waals surface area (Å²) in [4.78, 5) is 17.3. The molecule has 4 nitrogen and oxygen atoms in total. The molecule has 1 aromatic heterocycles. The van der Waals surface area contributed by atoms with Gasteiger partial charge in [-0.3, -0.25) is 9.69 Å². The van der Waals surface area contributed by atoms with E-state index in [2.05, 4.69) is 11.8 Å². The predicted molar refractivity (Wildman–Crippen MR) is 98.1 cm³/mol. The van der Waals surface area contributed by atoms with Gasteiger partial charge in [-0.05, 0) is 43.7 Å². The standard InChI is InChI=1S/C20H26FN3O/c1-3-9-22-10-12-24(13-11-22)20(25)19-14-17(15-23(19)4-2)16-5-7-18(21)8-6-16/h5-8,14-15H,3-4,9-13H2,1-2H3. The van der Waals surface area contributed by atoms with Crippen LogP contribution in [0.5, 0.6) is 0 Å². The van der Waals surface area contributed by atoms with Gasteiger partial charge >= 0.3 is 0 Å². The van der Waals surface area contributed by atoms with E-state index in [-0.39, 0.29) is 11.7 Å². The third-order valence-corrected chi connectivity index (χ3v) is 4.83. The molecule has 134 valence electrons. The first-order valence-electron chi connectivity index (χ1n) is 9.10. The first-order chi connectivity index (χ1) is 12.1. The normalized spacial score (nSPS) is 15.6. The molecule has 2 heterocycles. The van der Waals surface area contributed by atoms with E-state index in [0.717, 1.165) is 56.8 Å². The average molecular weight is 343 g/mol. The fraction of sp³-hybridized carbons (Fsp3) is 0.450. The van der Waals surface area contributed by atoms with Crippen LogP contribution in [-0.2, 0) is 6.54 Å². The van der Waals surface area contributed by atoms with E-state index in [4.69, 9.17) is 0 Å². The lowest BCUT2D eigenvalue weighted by molar-refractivity contribution is 0.0627. The minimum absolute atomic E-state index is 0.0892. The van der Waals surface area contributed by atoms with Gasteiger partial charge in [-0.25, -0.2) is 4.39 Å². The topological polar surface area (TPSA) is 28.5 Å². The Balaban J connectivity index is 1.77. The summed E-state index contributed by atoms with van der Waals surface area (Å²) in [7, 11) is 0. The van der Waals surface area contributed by atoms with Crippen molar-refractivity contribution in [1.29, 1.82) is 0 Å². The molecule has 2 aromatic rings. The summed E-state index contributed by atoms with van der Waals surface area (Å²) in [6.07, 6.45) is 3.13. The average Bonchev–Trinajstić information content (AvgIpc) is 3.07. The Labute approximate surface area is 148 Å². The van der Waals surface area contributed by atoms with Gasteiger partial charge < -0.3 is 9.47 Å². The summed E-state index contributed by atoms with van der Waals surface area (Å²) in [5, 5.41) is 0. The summed E-state index contributed by atoms with van der Waals surface area (Å²) >= 11 is 0. The third kappa shape index (κ3) is 3.93. The Morgan fingerprint density at radius 1 is 1.04 bits per heavy atom. The molecular formula is C20H26FN3O. The van der Waals surface area contributed by atoms with Crippen molar-refractivity contribution in [2.45, 2.75) is 26.8 Å². The van der Waals surface area contributed by atoms with Crippen LogP contribution in [0.1, 0.15) is 30.8 Å². The first-order valence-corrected chi connectivity index (χ1v) is 9.10. The van der Waals surface area contributed by atoms with Gasteiger partial charge in [-0.15, -0.1) is 0 Å². The van der Waals surface area contributed by atoms with Crippen LogP contribution in [0.3, 0.4) is 0 Å². The van der Waals surface area contributed by atoms with Crippen LogP contribution in [0.4, 0.5) is 4.39 Å². The molecule has 1 amide bonds. The highest BCUT2D eigenvalue weighted by molar-refractivity contribution is 5.94. The second-order valence-electron chi connectivity index (χ2n) is 6.54. The zero-order chi connectivity index (χ0) is 17.8. The van der Waals surface area contributed by atoms with Crippen molar-refractivity contribution in [1.82, 2.24) is 14.4 Å². The molecule has 0 N–H and O–H groups in total. The molecule has 0 atom stereocenters. The van der Waals surface area contributed by atoms with E-state index in [1.54, 1.807) is 12.1 Å². The van der Waals surface area contributed by atoms with Crippen molar-refractivity contribution in [2.75, 3.05) is 32.7 Å². The molecule has 0 bridgehead atoms. The molecule has 1 aliphatic rings. The van der Waals surface area contributed by atoms with Crippen LogP contribution in [0, 0.1) is 5.82 Å². The number of rotatable bonds is 5. The number of amides is 1. The van der Waals surface area contributed by atoms with Gasteiger partial charge in [0, 0.05) is 44.5 Å². The highest BCUT2D eigenvalue weighted by Crippen LogP contribution is 2.24. The molecule has 1 fully saturated rings. The molecule has 0 saturated carbocycles. The van der Waals surface area contributed by atoms with E-state index in [0.29, 0.717) is 5.69 Å². The maximum Gasteiger partial charge on any atom is 0.270 e. The second kappa shape index (κ2) is 7.83.